The Hall–Kier alpha value is -1.75. The molecule has 0 aliphatic carbocycles. The number of ether oxygens (including phenoxy) is 2. The highest BCUT2D eigenvalue weighted by molar-refractivity contribution is 5.97. The lowest BCUT2D eigenvalue weighted by molar-refractivity contribution is 0.0751. The molecule has 20 heavy (non-hydrogen) atoms. The van der Waals surface area contributed by atoms with Crippen LogP contribution in [0.4, 0.5) is 0 Å². The van der Waals surface area contributed by atoms with E-state index in [2.05, 4.69) is 0 Å². The van der Waals surface area contributed by atoms with Gasteiger partial charge in [-0.15, -0.1) is 0 Å². The summed E-state index contributed by atoms with van der Waals surface area (Å²) in [5.41, 5.74) is 6.06. The zero-order valence-electron chi connectivity index (χ0n) is 12.5. The van der Waals surface area contributed by atoms with E-state index in [-0.39, 0.29) is 5.91 Å². The van der Waals surface area contributed by atoms with Crippen LogP contribution in [-0.4, -0.2) is 44.7 Å². The topological polar surface area (TPSA) is 64.8 Å². The van der Waals surface area contributed by atoms with Gasteiger partial charge in [-0.05, 0) is 37.6 Å². The van der Waals surface area contributed by atoms with Crippen LogP contribution in [0.3, 0.4) is 0 Å². The van der Waals surface area contributed by atoms with E-state index in [1.807, 2.05) is 11.8 Å². The SMILES string of the molecule is CCCN(CCCN)C(=O)c1cc(OC)ccc1OC. The summed E-state index contributed by atoms with van der Waals surface area (Å²) in [4.78, 5) is 14.4. The van der Waals surface area contributed by atoms with Crippen molar-refractivity contribution in [2.24, 2.45) is 5.73 Å². The molecule has 0 atom stereocenters. The number of amides is 1. The average Bonchev–Trinajstić information content (AvgIpc) is 2.50. The van der Waals surface area contributed by atoms with E-state index >= 15 is 0 Å². The van der Waals surface area contributed by atoms with E-state index in [0.29, 0.717) is 36.7 Å². The molecule has 0 saturated carbocycles. The fraction of sp³-hybridized carbons (Fsp3) is 0.533. The van der Waals surface area contributed by atoms with Gasteiger partial charge in [0.1, 0.15) is 11.5 Å². The molecule has 112 valence electrons. The Bertz CT molecular complexity index is 435. The molecule has 5 nitrogen and oxygen atoms in total. The van der Waals surface area contributed by atoms with Gasteiger partial charge >= 0.3 is 0 Å². The second-order valence-corrected chi connectivity index (χ2v) is 4.50. The van der Waals surface area contributed by atoms with Gasteiger partial charge in [0.05, 0.1) is 19.8 Å². The molecule has 0 aliphatic heterocycles. The molecule has 1 aromatic carbocycles. The van der Waals surface area contributed by atoms with Crippen LogP contribution in [0.15, 0.2) is 18.2 Å². The van der Waals surface area contributed by atoms with Crippen LogP contribution in [0.25, 0.3) is 0 Å². The maximum Gasteiger partial charge on any atom is 0.257 e. The molecular weight excluding hydrogens is 256 g/mol. The van der Waals surface area contributed by atoms with E-state index in [4.69, 9.17) is 15.2 Å². The van der Waals surface area contributed by atoms with Crippen molar-refractivity contribution < 1.29 is 14.3 Å². The minimum atomic E-state index is -0.0453. The molecule has 0 fully saturated rings. The number of carbonyl (C=O) groups excluding carboxylic acids is 1. The van der Waals surface area contributed by atoms with Crippen molar-refractivity contribution in [3.8, 4) is 11.5 Å². The summed E-state index contributed by atoms with van der Waals surface area (Å²) in [6.45, 7) is 3.98. The maximum atomic E-state index is 12.6. The fourth-order valence-corrected chi connectivity index (χ4v) is 2.02. The monoisotopic (exact) mass is 280 g/mol. The summed E-state index contributed by atoms with van der Waals surface area (Å²) in [5.74, 6) is 1.16. The van der Waals surface area contributed by atoms with Gasteiger partial charge in [-0.3, -0.25) is 4.79 Å². The van der Waals surface area contributed by atoms with Crippen molar-refractivity contribution in [1.82, 2.24) is 4.90 Å². The average molecular weight is 280 g/mol. The number of hydrogen-bond acceptors (Lipinski definition) is 4. The normalized spacial score (nSPS) is 10.2. The molecule has 1 aromatic rings. The molecule has 2 N–H and O–H groups in total. The highest BCUT2D eigenvalue weighted by Crippen LogP contribution is 2.25. The van der Waals surface area contributed by atoms with Crippen LogP contribution >= 0.6 is 0 Å². The molecule has 0 saturated heterocycles. The minimum absolute atomic E-state index is 0.0453. The first-order chi connectivity index (χ1) is 9.67. The van der Waals surface area contributed by atoms with Crippen molar-refractivity contribution in [2.45, 2.75) is 19.8 Å². The van der Waals surface area contributed by atoms with Crippen LogP contribution in [0.5, 0.6) is 11.5 Å². The number of rotatable bonds is 8. The van der Waals surface area contributed by atoms with Gasteiger partial charge in [-0.2, -0.15) is 0 Å². The quantitative estimate of drug-likeness (QED) is 0.790. The van der Waals surface area contributed by atoms with Gasteiger partial charge in [0.25, 0.3) is 5.91 Å². The lowest BCUT2D eigenvalue weighted by atomic mass is 10.1. The van der Waals surface area contributed by atoms with Crippen molar-refractivity contribution in [3.05, 3.63) is 23.8 Å². The predicted molar refractivity (Wildman–Crippen MR) is 79.4 cm³/mol. The number of nitrogens with two attached hydrogens (primary N) is 1. The number of nitrogens with zero attached hydrogens (tertiary/aromatic N) is 1. The zero-order valence-corrected chi connectivity index (χ0v) is 12.5. The summed E-state index contributed by atoms with van der Waals surface area (Å²) in [6.07, 6.45) is 1.70. The zero-order chi connectivity index (χ0) is 15.0. The highest BCUT2D eigenvalue weighted by atomic mass is 16.5. The van der Waals surface area contributed by atoms with Crippen molar-refractivity contribution in [3.63, 3.8) is 0 Å². The van der Waals surface area contributed by atoms with Gasteiger partial charge in [0.15, 0.2) is 0 Å². The molecule has 5 heteroatoms. The number of hydrogen-bond donors (Lipinski definition) is 1. The standard InChI is InChI=1S/C15H24N2O3/c1-4-9-17(10-5-8-16)15(18)13-11-12(19-2)6-7-14(13)20-3/h6-7,11H,4-5,8-10,16H2,1-3H3. The van der Waals surface area contributed by atoms with E-state index in [1.165, 1.54) is 0 Å². The third-order valence-corrected chi connectivity index (χ3v) is 3.05. The Morgan fingerprint density at radius 2 is 2.00 bits per heavy atom. The minimum Gasteiger partial charge on any atom is -0.497 e. The smallest absolute Gasteiger partial charge is 0.257 e. The summed E-state index contributed by atoms with van der Waals surface area (Å²) in [5, 5.41) is 0. The van der Waals surface area contributed by atoms with Gasteiger partial charge in [-0.1, -0.05) is 6.92 Å². The second-order valence-electron chi connectivity index (χ2n) is 4.50. The van der Waals surface area contributed by atoms with Crippen molar-refractivity contribution in [2.75, 3.05) is 33.9 Å². The first-order valence-corrected chi connectivity index (χ1v) is 6.89. The van der Waals surface area contributed by atoms with Gasteiger partial charge in [0.2, 0.25) is 0 Å². The first kappa shape index (κ1) is 16.3. The summed E-state index contributed by atoms with van der Waals surface area (Å²) in [6, 6.07) is 5.24. The fourth-order valence-electron chi connectivity index (χ4n) is 2.02. The van der Waals surface area contributed by atoms with E-state index < -0.39 is 0 Å². The Balaban J connectivity index is 3.02. The molecule has 0 spiro atoms. The molecule has 0 aliphatic rings. The van der Waals surface area contributed by atoms with Crippen LogP contribution in [0.2, 0.25) is 0 Å². The van der Waals surface area contributed by atoms with E-state index in [0.717, 1.165) is 12.8 Å². The van der Waals surface area contributed by atoms with Crippen LogP contribution in [0, 0.1) is 0 Å². The Labute approximate surface area is 120 Å². The Morgan fingerprint density at radius 1 is 1.25 bits per heavy atom. The molecule has 1 rings (SSSR count). The maximum absolute atomic E-state index is 12.6. The Kier molecular flexibility index (Phi) is 6.87. The molecule has 0 aromatic heterocycles. The number of carbonyl (C=O) groups is 1. The summed E-state index contributed by atoms with van der Waals surface area (Å²) in [7, 11) is 3.14. The molecular formula is C15H24N2O3. The largest absolute Gasteiger partial charge is 0.497 e. The van der Waals surface area contributed by atoms with Gasteiger partial charge < -0.3 is 20.1 Å². The van der Waals surface area contributed by atoms with Gasteiger partial charge in [0, 0.05) is 13.1 Å². The number of methoxy groups -OCH3 is 2. The van der Waals surface area contributed by atoms with Crippen molar-refractivity contribution >= 4 is 5.91 Å². The summed E-state index contributed by atoms with van der Waals surface area (Å²) < 4.78 is 10.5. The van der Waals surface area contributed by atoms with Gasteiger partial charge in [-0.25, -0.2) is 0 Å². The number of benzene rings is 1. The molecule has 1 amide bonds. The lowest BCUT2D eigenvalue weighted by Crippen LogP contribution is -2.33. The van der Waals surface area contributed by atoms with Crippen LogP contribution < -0.4 is 15.2 Å². The predicted octanol–water partition coefficient (Wildman–Crippen LogP) is 1.90. The molecule has 0 heterocycles. The van der Waals surface area contributed by atoms with E-state index in [1.54, 1.807) is 32.4 Å². The molecule has 0 radical (unpaired) electrons. The second kappa shape index (κ2) is 8.43. The molecule has 0 bridgehead atoms. The first-order valence-electron chi connectivity index (χ1n) is 6.89. The lowest BCUT2D eigenvalue weighted by Gasteiger charge is -2.23. The summed E-state index contributed by atoms with van der Waals surface area (Å²) >= 11 is 0. The van der Waals surface area contributed by atoms with Crippen LogP contribution in [-0.2, 0) is 0 Å². The van der Waals surface area contributed by atoms with E-state index in [9.17, 15) is 4.79 Å². The Morgan fingerprint density at radius 3 is 2.55 bits per heavy atom. The van der Waals surface area contributed by atoms with Crippen molar-refractivity contribution in [1.29, 1.82) is 0 Å². The molecule has 0 unspecified atom stereocenters. The highest BCUT2D eigenvalue weighted by Gasteiger charge is 2.19. The van der Waals surface area contributed by atoms with Crippen LogP contribution in [0.1, 0.15) is 30.1 Å². The third kappa shape index (κ3) is 4.13. The third-order valence-electron chi connectivity index (χ3n) is 3.05.